The van der Waals surface area contributed by atoms with Crippen molar-refractivity contribution in [1.82, 2.24) is 24.2 Å². The lowest BCUT2D eigenvalue weighted by molar-refractivity contribution is 0.0813. The van der Waals surface area contributed by atoms with Crippen molar-refractivity contribution in [1.29, 1.82) is 0 Å². The zero-order valence-corrected chi connectivity index (χ0v) is 14.3. The molecular formula is C18H27N5. The van der Waals surface area contributed by atoms with E-state index >= 15 is 0 Å². The molecule has 1 fully saturated rings. The first-order valence-corrected chi connectivity index (χ1v) is 8.87. The fraction of sp³-hybridized carbons (Fsp3) is 0.667. The number of fused-ring (bicyclic) bond motifs is 1. The molecule has 1 spiro atoms. The van der Waals surface area contributed by atoms with Crippen LogP contribution >= 0.6 is 0 Å². The van der Waals surface area contributed by atoms with Crippen molar-refractivity contribution in [2.75, 3.05) is 13.1 Å². The molecule has 0 saturated carbocycles. The second-order valence-corrected chi connectivity index (χ2v) is 7.45. The van der Waals surface area contributed by atoms with Crippen molar-refractivity contribution in [3.8, 4) is 0 Å². The molecule has 4 heterocycles. The van der Waals surface area contributed by atoms with Gasteiger partial charge in [-0.1, -0.05) is 0 Å². The summed E-state index contributed by atoms with van der Waals surface area (Å²) < 4.78 is 4.58. The summed E-state index contributed by atoms with van der Waals surface area (Å²) in [5, 5.41) is 8.61. The third kappa shape index (κ3) is 2.82. The van der Waals surface area contributed by atoms with Gasteiger partial charge in [0.25, 0.3) is 0 Å². The number of hydrogen-bond acceptors (Lipinski definition) is 3. The topological polar surface area (TPSA) is 38.9 Å². The van der Waals surface area contributed by atoms with Crippen molar-refractivity contribution in [3.63, 3.8) is 0 Å². The number of aromatic nitrogens is 4. The number of rotatable bonds is 2. The van der Waals surface area contributed by atoms with Crippen molar-refractivity contribution in [3.05, 3.63) is 35.7 Å². The normalized spacial score (nSPS) is 21.3. The molecule has 5 heteroatoms. The summed E-state index contributed by atoms with van der Waals surface area (Å²) in [6.45, 7) is 6.72. The molecule has 0 bridgehead atoms. The van der Waals surface area contributed by atoms with E-state index in [2.05, 4.69) is 56.5 Å². The summed E-state index contributed by atoms with van der Waals surface area (Å²) in [6.07, 6.45) is 8.46. The minimum absolute atomic E-state index is 0.526. The summed E-state index contributed by atoms with van der Waals surface area (Å²) >= 11 is 0. The van der Waals surface area contributed by atoms with E-state index < -0.39 is 0 Å². The molecule has 124 valence electrons. The summed E-state index contributed by atoms with van der Waals surface area (Å²) in [5.74, 6) is 2.28. The second kappa shape index (κ2) is 5.78. The Balaban J connectivity index is 1.38. The van der Waals surface area contributed by atoms with Crippen molar-refractivity contribution in [2.24, 2.45) is 12.5 Å². The van der Waals surface area contributed by atoms with Gasteiger partial charge in [-0.25, -0.2) is 0 Å². The monoisotopic (exact) mass is 313 g/mol. The Kier molecular flexibility index (Phi) is 3.76. The van der Waals surface area contributed by atoms with E-state index in [4.69, 9.17) is 0 Å². The van der Waals surface area contributed by atoms with E-state index in [1.807, 2.05) is 0 Å². The first-order chi connectivity index (χ1) is 11.2. The highest BCUT2D eigenvalue weighted by molar-refractivity contribution is 5.07. The van der Waals surface area contributed by atoms with Crippen LogP contribution in [-0.4, -0.2) is 37.3 Å². The Hall–Kier alpha value is -1.62. The Morgan fingerprint density at radius 2 is 1.87 bits per heavy atom. The molecule has 2 aliphatic rings. The SMILES string of the molecule is Cc1nnc2n1CCC1(CC2)CCN(Cc2cccn2C)CC1. The standard InChI is InChI=1S/C18H27N5/c1-15-19-20-17-5-6-18(9-13-23(15)17)7-11-22(12-8-18)14-16-4-3-10-21(16)2/h3-4,10H,5-9,11-14H2,1-2H3. The van der Waals surface area contributed by atoms with Gasteiger partial charge in [0.15, 0.2) is 0 Å². The minimum Gasteiger partial charge on any atom is -0.353 e. The maximum absolute atomic E-state index is 4.37. The van der Waals surface area contributed by atoms with Gasteiger partial charge in [-0.05, 0) is 63.2 Å². The van der Waals surface area contributed by atoms with Crippen LogP contribution in [0.5, 0.6) is 0 Å². The predicted octanol–water partition coefficient (Wildman–Crippen LogP) is 2.54. The van der Waals surface area contributed by atoms with Gasteiger partial charge in [-0.3, -0.25) is 4.90 Å². The maximum Gasteiger partial charge on any atom is 0.133 e. The van der Waals surface area contributed by atoms with E-state index in [1.54, 1.807) is 0 Å². The van der Waals surface area contributed by atoms with Gasteiger partial charge in [0.05, 0.1) is 0 Å². The number of nitrogens with zero attached hydrogens (tertiary/aromatic N) is 5. The van der Waals surface area contributed by atoms with Crippen LogP contribution in [0.15, 0.2) is 18.3 Å². The van der Waals surface area contributed by atoms with E-state index in [0.717, 1.165) is 25.3 Å². The predicted molar refractivity (Wildman–Crippen MR) is 90.1 cm³/mol. The number of hydrogen-bond donors (Lipinski definition) is 0. The van der Waals surface area contributed by atoms with Crippen LogP contribution in [0.3, 0.4) is 0 Å². The van der Waals surface area contributed by atoms with E-state index in [1.165, 1.54) is 50.3 Å². The molecule has 1 saturated heterocycles. The Labute approximate surface area is 138 Å². The number of likely N-dealkylation sites (tertiary alicyclic amines) is 1. The third-order valence-electron chi connectivity index (χ3n) is 6.11. The van der Waals surface area contributed by atoms with Crippen LogP contribution in [0.2, 0.25) is 0 Å². The van der Waals surface area contributed by atoms with Gasteiger partial charge >= 0.3 is 0 Å². The number of aryl methyl sites for hydroxylation is 3. The van der Waals surface area contributed by atoms with Gasteiger partial charge in [-0.15, -0.1) is 10.2 Å². The van der Waals surface area contributed by atoms with Crippen LogP contribution in [0.25, 0.3) is 0 Å². The summed E-state index contributed by atoms with van der Waals surface area (Å²) in [5.41, 5.74) is 1.95. The lowest BCUT2D eigenvalue weighted by Gasteiger charge is -2.41. The zero-order valence-electron chi connectivity index (χ0n) is 14.3. The average molecular weight is 313 g/mol. The molecule has 2 aliphatic heterocycles. The molecule has 0 atom stereocenters. The molecule has 0 radical (unpaired) electrons. The highest BCUT2D eigenvalue weighted by Crippen LogP contribution is 2.41. The largest absolute Gasteiger partial charge is 0.353 e. The molecule has 5 nitrogen and oxygen atoms in total. The second-order valence-electron chi connectivity index (χ2n) is 7.45. The fourth-order valence-electron chi connectivity index (χ4n) is 4.33. The van der Waals surface area contributed by atoms with E-state index in [-0.39, 0.29) is 0 Å². The van der Waals surface area contributed by atoms with Gasteiger partial charge in [0.2, 0.25) is 0 Å². The lowest BCUT2D eigenvalue weighted by Crippen LogP contribution is -2.40. The van der Waals surface area contributed by atoms with Gasteiger partial charge < -0.3 is 9.13 Å². The van der Waals surface area contributed by atoms with Crippen molar-refractivity contribution >= 4 is 0 Å². The summed E-state index contributed by atoms with van der Waals surface area (Å²) in [4.78, 5) is 2.62. The zero-order chi connectivity index (χ0) is 15.9. The van der Waals surface area contributed by atoms with Crippen LogP contribution in [-0.2, 0) is 26.6 Å². The Morgan fingerprint density at radius 3 is 2.61 bits per heavy atom. The molecule has 2 aromatic rings. The maximum atomic E-state index is 4.37. The van der Waals surface area contributed by atoms with Gasteiger partial charge in [-0.2, -0.15) is 0 Å². The van der Waals surface area contributed by atoms with Crippen LogP contribution in [0, 0.1) is 12.3 Å². The molecule has 0 aliphatic carbocycles. The highest BCUT2D eigenvalue weighted by atomic mass is 15.3. The molecule has 23 heavy (non-hydrogen) atoms. The molecule has 0 N–H and O–H groups in total. The Morgan fingerprint density at radius 1 is 1.09 bits per heavy atom. The lowest BCUT2D eigenvalue weighted by atomic mass is 9.73. The molecule has 2 aromatic heterocycles. The fourth-order valence-corrected chi connectivity index (χ4v) is 4.33. The van der Waals surface area contributed by atoms with E-state index in [9.17, 15) is 0 Å². The van der Waals surface area contributed by atoms with Crippen LogP contribution < -0.4 is 0 Å². The van der Waals surface area contributed by atoms with Gasteiger partial charge in [0.1, 0.15) is 11.6 Å². The first-order valence-electron chi connectivity index (χ1n) is 8.87. The smallest absolute Gasteiger partial charge is 0.133 e. The summed E-state index contributed by atoms with van der Waals surface area (Å²) in [7, 11) is 2.14. The quantitative estimate of drug-likeness (QED) is 0.855. The molecule has 0 aromatic carbocycles. The van der Waals surface area contributed by atoms with Crippen molar-refractivity contribution < 1.29 is 0 Å². The molecule has 4 rings (SSSR count). The Bertz CT molecular complexity index is 675. The molecular weight excluding hydrogens is 286 g/mol. The van der Waals surface area contributed by atoms with Crippen LogP contribution in [0.1, 0.15) is 43.0 Å². The summed E-state index contributed by atoms with van der Waals surface area (Å²) in [6, 6.07) is 4.38. The molecule has 0 amide bonds. The van der Waals surface area contributed by atoms with Gasteiger partial charge in [0, 0.05) is 38.4 Å². The van der Waals surface area contributed by atoms with E-state index in [0.29, 0.717) is 5.41 Å². The third-order valence-corrected chi connectivity index (χ3v) is 6.11. The van der Waals surface area contributed by atoms with Crippen molar-refractivity contribution in [2.45, 2.75) is 52.1 Å². The number of piperidine rings is 1. The highest BCUT2D eigenvalue weighted by Gasteiger charge is 2.36. The average Bonchev–Trinajstić information content (AvgIpc) is 3.06. The molecule has 0 unspecified atom stereocenters. The minimum atomic E-state index is 0.526. The van der Waals surface area contributed by atoms with Crippen LogP contribution in [0.4, 0.5) is 0 Å². The first kappa shape index (κ1) is 14.9.